The number of rotatable bonds is 2. The summed E-state index contributed by atoms with van der Waals surface area (Å²) < 4.78 is 28.0. The highest BCUT2D eigenvalue weighted by Gasteiger charge is 2.11. The third-order valence-corrected chi connectivity index (χ3v) is 3.25. The SMILES string of the molecule is Cc1cc(F)ccc1-n1cc(N)c(-c2cccc(F)c2)n1. The van der Waals surface area contributed by atoms with Crippen molar-refractivity contribution in [2.24, 2.45) is 0 Å². The molecule has 0 amide bonds. The van der Waals surface area contributed by atoms with Gasteiger partial charge in [-0.3, -0.25) is 0 Å². The van der Waals surface area contributed by atoms with Gasteiger partial charge in [0.1, 0.15) is 17.3 Å². The Morgan fingerprint density at radius 1 is 1.05 bits per heavy atom. The van der Waals surface area contributed by atoms with Crippen molar-refractivity contribution >= 4 is 5.69 Å². The normalized spacial score (nSPS) is 10.8. The number of hydrogen-bond donors (Lipinski definition) is 1. The summed E-state index contributed by atoms with van der Waals surface area (Å²) in [5.41, 5.74) is 8.96. The van der Waals surface area contributed by atoms with Gasteiger partial charge in [0.05, 0.1) is 17.6 Å². The Labute approximate surface area is 120 Å². The van der Waals surface area contributed by atoms with Crippen LogP contribution in [0.1, 0.15) is 5.56 Å². The number of aromatic nitrogens is 2. The first-order chi connectivity index (χ1) is 10.0. The minimum Gasteiger partial charge on any atom is -0.396 e. The highest BCUT2D eigenvalue weighted by molar-refractivity contribution is 5.72. The van der Waals surface area contributed by atoms with Crippen LogP contribution in [0.5, 0.6) is 0 Å². The Kier molecular flexibility index (Phi) is 3.17. The van der Waals surface area contributed by atoms with Crippen LogP contribution in [0, 0.1) is 18.6 Å². The van der Waals surface area contributed by atoms with Gasteiger partial charge in [0.15, 0.2) is 0 Å². The van der Waals surface area contributed by atoms with Crippen LogP contribution in [-0.2, 0) is 0 Å². The average Bonchev–Trinajstić information content (AvgIpc) is 2.80. The fourth-order valence-electron chi connectivity index (χ4n) is 2.25. The molecular formula is C16H13F2N3. The summed E-state index contributed by atoms with van der Waals surface area (Å²) in [6.45, 7) is 1.79. The van der Waals surface area contributed by atoms with Crippen molar-refractivity contribution in [3.8, 4) is 16.9 Å². The van der Waals surface area contributed by atoms with Crippen LogP contribution in [0.2, 0.25) is 0 Å². The standard InChI is InChI=1S/C16H13F2N3/c1-10-7-13(18)5-6-15(10)21-9-14(19)16(20-21)11-3-2-4-12(17)8-11/h2-9H,19H2,1H3. The fourth-order valence-corrected chi connectivity index (χ4v) is 2.25. The van der Waals surface area contributed by atoms with Gasteiger partial charge in [-0.2, -0.15) is 5.10 Å². The van der Waals surface area contributed by atoms with Gasteiger partial charge in [-0.25, -0.2) is 13.5 Å². The quantitative estimate of drug-likeness (QED) is 0.780. The predicted molar refractivity (Wildman–Crippen MR) is 78.1 cm³/mol. The summed E-state index contributed by atoms with van der Waals surface area (Å²) in [6.07, 6.45) is 1.64. The second-order valence-corrected chi connectivity index (χ2v) is 4.82. The average molecular weight is 285 g/mol. The lowest BCUT2D eigenvalue weighted by Gasteiger charge is -2.05. The minimum atomic E-state index is -0.348. The maximum atomic E-state index is 13.3. The fraction of sp³-hybridized carbons (Fsp3) is 0.0625. The molecule has 0 radical (unpaired) electrons. The van der Waals surface area contributed by atoms with Crippen molar-refractivity contribution in [2.45, 2.75) is 6.92 Å². The van der Waals surface area contributed by atoms with Crippen LogP contribution in [0.15, 0.2) is 48.7 Å². The summed E-state index contributed by atoms with van der Waals surface area (Å²) in [4.78, 5) is 0. The molecule has 2 aromatic carbocycles. The third kappa shape index (κ3) is 2.50. The molecule has 0 aliphatic carbocycles. The lowest BCUT2D eigenvalue weighted by atomic mass is 10.1. The summed E-state index contributed by atoms with van der Waals surface area (Å²) >= 11 is 0. The van der Waals surface area contributed by atoms with Crippen molar-refractivity contribution in [3.63, 3.8) is 0 Å². The summed E-state index contributed by atoms with van der Waals surface area (Å²) in [5.74, 6) is -0.652. The van der Waals surface area contributed by atoms with Gasteiger partial charge in [0, 0.05) is 5.56 Å². The van der Waals surface area contributed by atoms with Crippen molar-refractivity contribution < 1.29 is 8.78 Å². The van der Waals surface area contributed by atoms with Gasteiger partial charge >= 0.3 is 0 Å². The molecule has 0 aliphatic heterocycles. The second-order valence-electron chi connectivity index (χ2n) is 4.82. The Bertz CT molecular complexity index is 809. The molecule has 0 spiro atoms. The van der Waals surface area contributed by atoms with Crippen LogP contribution in [0.25, 0.3) is 16.9 Å². The van der Waals surface area contributed by atoms with E-state index >= 15 is 0 Å². The van der Waals surface area contributed by atoms with Crippen LogP contribution in [0.4, 0.5) is 14.5 Å². The maximum absolute atomic E-state index is 13.3. The van der Waals surface area contributed by atoms with Gasteiger partial charge in [-0.1, -0.05) is 12.1 Å². The molecule has 21 heavy (non-hydrogen) atoms. The van der Waals surface area contributed by atoms with E-state index in [1.54, 1.807) is 36.0 Å². The molecular weight excluding hydrogens is 272 g/mol. The zero-order chi connectivity index (χ0) is 15.0. The van der Waals surface area contributed by atoms with Crippen molar-refractivity contribution in [1.29, 1.82) is 0 Å². The monoisotopic (exact) mass is 285 g/mol. The Morgan fingerprint density at radius 3 is 2.52 bits per heavy atom. The summed E-state index contributed by atoms with van der Waals surface area (Å²) in [7, 11) is 0. The predicted octanol–water partition coefficient (Wildman–Crippen LogP) is 3.71. The van der Waals surface area contributed by atoms with E-state index in [-0.39, 0.29) is 11.6 Å². The van der Waals surface area contributed by atoms with E-state index < -0.39 is 0 Å². The largest absolute Gasteiger partial charge is 0.396 e. The van der Waals surface area contributed by atoms with Gasteiger partial charge in [0.25, 0.3) is 0 Å². The zero-order valence-electron chi connectivity index (χ0n) is 11.3. The first kappa shape index (κ1) is 13.3. The third-order valence-electron chi connectivity index (χ3n) is 3.25. The van der Waals surface area contributed by atoms with Crippen molar-refractivity contribution in [3.05, 3.63) is 65.9 Å². The molecule has 0 unspecified atom stereocenters. The van der Waals surface area contributed by atoms with E-state index in [0.29, 0.717) is 16.9 Å². The van der Waals surface area contributed by atoms with E-state index in [1.165, 1.54) is 24.3 Å². The number of aryl methyl sites for hydroxylation is 1. The molecule has 3 aromatic rings. The van der Waals surface area contributed by atoms with Crippen molar-refractivity contribution in [1.82, 2.24) is 9.78 Å². The van der Waals surface area contributed by atoms with E-state index in [2.05, 4.69) is 5.10 Å². The topological polar surface area (TPSA) is 43.8 Å². The van der Waals surface area contributed by atoms with Crippen LogP contribution < -0.4 is 5.73 Å². The van der Waals surface area contributed by atoms with E-state index in [0.717, 1.165) is 11.3 Å². The molecule has 0 bridgehead atoms. The summed E-state index contributed by atoms with van der Waals surface area (Å²) in [6, 6.07) is 10.5. The Morgan fingerprint density at radius 2 is 1.81 bits per heavy atom. The summed E-state index contributed by atoms with van der Waals surface area (Å²) in [5, 5.41) is 4.38. The van der Waals surface area contributed by atoms with Crippen LogP contribution >= 0.6 is 0 Å². The zero-order valence-corrected chi connectivity index (χ0v) is 11.3. The molecule has 0 saturated carbocycles. The molecule has 0 fully saturated rings. The number of nitrogen functional groups attached to an aromatic ring is 1. The maximum Gasteiger partial charge on any atom is 0.123 e. The molecule has 2 N–H and O–H groups in total. The molecule has 3 nitrogen and oxygen atoms in total. The number of nitrogens with two attached hydrogens (primary N) is 1. The molecule has 1 heterocycles. The smallest absolute Gasteiger partial charge is 0.123 e. The number of halogens is 2. The van der Waals surface area contributed by atoms with Gasteiger partial charge in [-0.05, 0) is 42.8 Å². The number of anilines is 1. The Balaban J connectivity index is 2.09. The highest BCUT2D eigenvalue weighted by atomic mass is 19.1. The molecule has 1 aromatic heterocycles. The lowest BCUT2D eigenvalue weighted by molar-refractivity contribution is 0.625. The molecule has 3 rings (SSSR count). The number of hydrogen-bond acceptors (Lipinski definition) is 2. The lowest BCUT2D eigenvalue weighted by Crippen LogP contribution is -1.98. The van der Waals surface area contributed by atoms with Gasteiger partial charge < -0.3 is 5.73 Å². The first-order valence-corrected chi connectivity index (χ1v) is 6.42. The van der Waals surface area contributed by atoms with Gasteiger partial charge in [0.2, 0.25) is 0 Å². The molecule has 5 heteroatoms. The van der Waals surface area contributed by atoms with Gasteiger partial charge in [-0.15, -0.1) is 0 Å². The molecule has 0 atom stereocenters. The van der Waals surface area contributed by atoms with Crippen molar-refractivity contribution in [2.75, 3.05) is 5.73 Å². The van der Waals surface area contributed by atoms with Crippen LogP contribution in [0.3, 0.4) is 0 Å². The second kappa shape index (κ2) is 5.01. The minimum absolute atomic E-state index is 0.304. The molecule has 106 valence electrons. The first-order valence-electron chi connectivity index (χ1n) is 6.42. The van der Waals surface area contributed by atoms with Crippen LogP contribution in [-0.4, -0.2) is 9.78 Å². The molecule has 0 aliphatic rings. The van der Waals surface area contributed by atoms with E-state index in [9.17, 15) is 8.78 Å². The highest BCUT2D eigenvalue weighted by Crippen LogP contribution is 2.26. The molecule has 0 saturated heterocycles. The number of nitrogens with zero attached hydrogens (tertiary/aromatic N) is 2. The Hall–Kier alpha value is -2.69. The van der Waals surface area contributed by atoms with E-state index in [4.69, 9.17) is 5.73 Å². The van der Waals surface area contributed by atoms with E-state index in [1.807, 2.05) is 0 Å². The number of benzene rings is 2.